The van der Waals surface area contributed by atoms with E-state index in [2.05, 4.69) is 56.5 Å². The number of nitrogens with zero attached hydrogens (tertiary/aromatic N) is 1. The zero-order chi connectivity index (χ0) is 19.7. The highest BCUT2D eigenvalue weighted by molar-refractivity contribution is 14.0. The van der Waals surface area contributed by atoms with Gasteiger partial charge in [-0.05, 0) is 50.7 Å². The molecule has 6 heteroatoms. The van der Waals surface area contributed by atoms with Crippen molar-refractivity contribution in [3.05, 3.63) is 29.3 Å². The van der Waals surface area contributed by atoms with Crippen LogP contribution in [0.1, 0.15) is 51.2 Å². The third-order valence-electron chi connectivity index (χ3n) is 6.54. The van der Waals surface area contributed by atoms with Crippen LogP contribution in [0.15, 0.2) is 23.2 Å². The van der Waals surface area contributed by atoms with Gasteiger partial charge in [0.2, 0.25) is 0 Å². The van der Waals surface area contributed by atoms with Crippen molar-refractivity contribution in [2.75, 3.05) is 19.8 Å². The topological polar surface area (TPSA) is 54.9 Å². The number of aliphatic imine (C=N–C) groups is 1. The molecule has 3 fully saturated rings. The second-order valence-corrected chi connectivity index (χ2v) is 9.25. The SMILES string of the molecule is CCNC(=NCc1ccc(C)cc1OCC1CC1)NC1C2CCOC2C1(C)C.I. The summed E-state index contributed by atoms with van der Waals surface area (Å²) in [5.74, 6) is 3.22. The van der Waals surface area contributed by atoms with Gasteiger partial charge in [-0.3, -0.25) is 0 Å². The fourth-order valence-corrected chi connectivity index (χ4v) is 4.67. The maximum absolute atomic E-state index is 6.11. The maximum atomic E-state index is 6.11. The molecule has 4 rings (SSSR count). The Morgan fingerprint density at radius 2 is 2.07 bits per heavy atom. The fourth-order valence-electron chi connectivity index (χ4n) is 4.67. The number of guanidine groups is 1. The van der Waals surface area contributed by atoms with Gasteiger partial charge in [-0.1, -0.05) is 26.0 Å². The van der Waals surface area contributed by atoms with Crippen molar-refractivity contribution in [1.82, 2.24) is 10.6 Å². The van der Waals surface area contributed by atoms with Crippen molar-refractivity contribution in [3.63, 3.8) is 0 Å². The van der Waals surface area contributed by atoms with Crippen molar-refractivity contribution in [1.29, 1.82) is 0 Å². The van der Waals surface area contributed by atoms with Crippen LogP contribution in [0.4, 0.5) is 0 Å². The van der Waals surface area contributed by atoms with E-state index in [1.54, 1.807) is 0 Å². The van der Waals surface area contributed by atoms with Gasteiger partial charge < -0.3 is 20.1 Å². The molecule has 2 saturated carbocycles. The molecule has 2 aliphatic carbocycles. The van der Waals surface area contributed by atoms with Crippen molar-refractivity contribution < 1.29 is 9.47 Å². The average Bonchev–Trinajstić information content (AvgIpc) is 3.38. The van der Waals surface area contributed by atoms with Gasteiger partial charge in [0, 0.05) is 36.1 Å². The second kappa shape index (κ2) is 9.41. The summed E-state index contributed by atoms with van der Waals surface area (Å²) >= 11 is 0. The number of halogens is 1. The third kappa shape index (κ3) is 5.01. The summed E-state index contributed by atoms with van der Waals surface area (Å²) in [6, 6.07) is 6.84. The third-order valence-corrected chi connectivity index (χ3v) is 6.54. The van der Waals surface area contributed by atoms with Crippen LogP contribution in [0.3, 0.4) is 0 Å². The Morgan fingerprint density at radius 3 is 2.79 bits per heavy atom. The first-order valence-corrected chi connectivity index (χ1v) is 10.9. The first-order chi connectivity index (χ1) is 13.5. The minimum atomic E-state index is 0. The van der Waals surface area contributed by atoms with Crippen molar-refractivity contribution in [2.45, 2.75) is 65.6 Å². The lowest BCUT2D eigenvalue weighted by atomic mass is 9.57. The first kappa shape index (κ1) is 22.7. The van der Waals surface area contributed by atoms with Crippen LogP contribution < -0.4 is 15.4 Å². The highest BCUT2D eigenvalue weighted by atomic mass is 127. The number of benzene rings is 1. The molecule has 1 aromatic rings. The molecule has 2 N–H and O–H groups in total. The van der Waals surface area contributed by atoms with E-state index in [-0.39, 0.29) is 29.4 Å². The number of nitrogens with one attached hydrogen (secondary N) is 2. The Hall–Kier alpha value is -1.02. The van der Waals surface area contributed by atoms with E-state index in [0.717, 1.165) is 49.4 Å². The Balaban J connectivity index is 0.00000240. The number of fused-ring (bicyclic) bond motifs is 1. The monoisotopic (exact) mass is 513 g/mol. The maximum Gasteiger partial charge on any atom is 0.191 e. The first-order valence-electron chi connectivity index (χ1n) is 10.9. The molecule has 3 unspecified atom stereocenters. The highest BCUT2D eigenvalue weighted by Gasteiger charge is 2.59. The van der Waals surface area contributed by atoms with Crippen molar-refractivity contribution in [3.8, 4) is 5.75 Å². The van der Waals surface area contributed by atoms with E-state index in [9.17, 15) is 0 Å². The molecule has 0 bridgehead atoms. The Bertz CT molecular complexity index is 733. The second-order valence-electron chi connectivity index (χ2n) is 9.25. The normalized spacial score (nSPS) is 27.4. The Morgan fingerprint density at radius 1 is 1.28 bits per heavy atom. The van der Waals surface area contributed by atoms with Crippen LogP contribution in [0.5, 0.6) is 5.75 Å². The van der Waals surface area contributed by atoms with E-state index < -0.39 is 0 Å². The summed E-state index contributed by atoms with van der Waals surface area (Å²) in [4.78, 5) is 4.89. The molecule has 1 aliphatic heterocycles. The van der Waals surface area contributed by atoms with E-state index >= 15 is 0 Å². The number of ether oxygens (including phenoxy) is 2. The molecular weight excluding hydrogens is 477 g/mol. The predicted molar refractivity (Wildman–Crippen MR) is 128 cm³/mol. The molecule has 0 spiro atoms. The van der Waals surface area contributed by atoms with Gasteiger partial charge in [0.05, 0.1) is 19.3 Å². The zero-order valence-corrected chi connectivity index (χ0v) is 20.5. The van der Waals surface area contributed by atoms with Gasteiger partial charge in [-0.2, -0.15) is 0 Å². The number of aryl methyl sites for hydroxylation is 1. The van der Waals surface area contributed by atoms with Gasteiger partial charge in [0.1, 0.15) is 5.75 Å². The van der Waals surface area contributed by atoms with Crippen LogP contribution in [-0.2, 0) is 11.3 Å². The van der Waals surface area contributed by atoms with Crippen LogP contribution in [0.2, 0.25) is 0 Å². The lowest BCUT2D eigenvalue weighted by molar-refractivity contribution is -0.106. The van der Waals surface area contributed by atoms with Gasteiger partial charge in [-0.25, -0.2) is 4.99 Å². The smallest absolute Gasteiger partial charge is 0.191 e. The van der Waals surface area contributed by atoms with Crippen LogP contribution in [0.25, 0.3) is 0 Å². The lowest BCUT2D eigenvalue weighted by Gasteiger charge is -2.54. The van der Waals surface area contributed by atoms with E-state index in [4.69, 9.17) is 14.5 Å². The molecule has 29 heavy (non-hydrogen) atoms. The molecule has 0 aromatic heterocycles. The Kier molecular flexibility index (Phi) is 7.36. The minimum absolute atomic E-state index is 0. The van der Waals surface area contributed by atoms with Crippen molar-refractivity contribution in [2.24, 2.45) is 22.2 Å². The average molecular weight is 513 g/mol. The summed E-state index contributed by atoms with van der Waals surface area (Å²) in [7, 11) is 0. The van der Waals surface area contributed by atoms with Gasteiger partial charge in [0.25, 0.3) is 0 Å². The van der Waals surface area contributed by atoms with E-state index in [1.807, 2.05) is 0 Å². The minimum Gasteiger partial charge on any atom is -0.493 e. The van der Waals surface area contributed by atoms with Crippen LogP contribution >= 0.6 is 24.0 Å². The van der Waals surface area contributed by atoms with Crippen molar-refractivity contribution >= 4 is 29.9 Å². The molecule has 162 valence electrons. The van der Waals surface area contributed by atoms with E-state index in [0.29, 0.717) is 24.6 Å². The largest absolute Gasteiger partial charge is 0.493 e. The number of hydrogen-bond donors (Lipinski definition) is 2. The van der Waals surface area contributed by atoms with Gasteiger partial charge in [-0.15, -0.1) is 24.0 Å². The molecule has 3 atom stereocenters. The molecule has 1 heterocycles. The molecule has 1 saturated heterocycles. The lowest BCUT2D eigenvalue weighted by Crippen LogP contribution is -2.67. The van der Waals surface area contributed by atoms with Crippen LogP contribution in [-0.4, -0.2) is 37.9 Å². The number of hydrogen-bond acceptors (Lipinski definition) is 3. The fraction of sp³-hybridized carbons (Fsp3) is 0.696. The van der Waals surface area contributed by atoms with E-state index in [1.165, 1.54) is 18.4 Å². The molecule has 5 nitrogen and oxygen atoms in total. The summed E-state index contributed by atoms with van der Waals surface area (Å²) in [6.07, 6.45) is 4.13. The molecule has 0 amide bonds. The standard InChI is InChI=1S/C23H35N3O2.HI/c1-5-24-22(26-20-18-10-11-27-21(18)23(20,3)4)25-13-17-9-6-15(2)12-19(17)28-14-16-7-8-16;/h6,9,12,16,18,20-21H,5,7-8,10-11,13-14H2,1-4H3,(H2,24,25,26);1H. The zero-order valence-electron chi connectivity index (χ0n) is 18.2. The number of rotatable bonds is 7. The summed E-state index contributed by atoms with van der Waals surface area (Å²) in [5, 5.41) is 7.11. The quantitative estimate of drug-likeness (QED) is 0.325. The molecule has 0 radical (unpaired) electrons. The van der Waals surface area contributed by atoms with Gasteiger partial charge in [0.15, 0.2) is 5.96 Å². The Labute approximate surface area is 192 Å². The summed E-state index contributed by atoms with van der Waals surface area (Å²) in [5.41, 5.74) is 2.52. The summed E-state index contributed by atoms with van der Waals surface area (Å²) < 4.78 is 12.0. The molecule has 1 aromatic carbocycles. The molecular formula is C23H36IN3O2. The summed E-state index contributed by atoms with van der Waals surface area (Å²) in [6.45, 7) is 12.0. The van der Waals surface area contributed by atoms with Gasteiger partial charge >= 0.3 is 0 Å². The molecule has 3 aliphatic rings. The van der Waals surface area contributed by atoms with Crippen LogP contribution in [0, 0.1) is 24.2 Å². The highest BCUT2D eigenvalue weighted by Crippen LogP contribution is 2.52. The predicted octanol–water partition coefficient (Wildman–Crippen LogP) is 4.27.